The smallest absolute Gasteiger partial charge is 0.326 e. The van der Waals surface area contributed by atoms with Crippen molar-refractivity contribution in [3.05, 3.63) is 42.2 Å². The molecule has 1 saturated heterocycles. The molecule has 1 amide bonds. The lowest BCUT2D eigenvalue weighted by Gasteiger charge is -2.33. The SMILES string of the molecule is O=C(O)[C@@H]1CCCCN1C(=O)c1cccc(-n2ccnn2)c1. The Balaban J connectivity index is 1.88. The van der Waals surface area contributed by atoms with Crippen LogP contribution in [0.15, 0.2) is 36.7 Å². The van der Waals surface area contributed by atoms with Crippen molar-refractivity contribution in [1.29, 1.82) is 0 Å². The fraction of sp³-hybridized carbons (Fsp3) is 0.333. The van der Waals surface area contributed by atoms with Gasteiger partial charge in [0.05, 0.1) is 18.1 Å². The molecular formula is C15H16N4O3. The molecule has 1 aliphatic rings. The number of aromatic nitrogens is 3. The van der Waals surface area contributed by atoms with Crippen LogP contribution in [0.25, 0.3) is 5.69 Å². The van der Waals surface area contributed by atoms with Crippen LogP contribution in [-0.4, -0.2) is 49.5 Å². The van der Waals surface area contributed by atoms with E-state index in [4.69, 9.17) is 0 Å². The normalized spacial score (nSPS) is 18.2. The van der Waals surface area contributed by atoms with Crippen molar-refractivity contribution in [2.24, 2.45) is 0 Å². The van der Waals surface area contributed by atoms with Crippen LogP contribution in [0, 0.1) is 0 Å². The van der Waals surface area contributed by atoms with Gasteiger partial charge < -0.3 is 10.0 Å². The van der Waals surface area contributed by atoms with Crippen LogP contribution in [0.4, 0.5) is 0 Å². The van der Waals surface area contributed by atoms with Gasteiger partial charge in [0, 0.05) is 12.1 Å². The molecule has 0 bridgehead atoms. The van der Waals surface area contributed by atoms with Gasteiger partial charge >= 0.3 is 5.97 Å². The lowest BCUT2D eigenvalue weighted by atomic mass is 10.0. The Hall–Kier alpha value is -2.70. The number of carboxylic acids is 1. The molecule has 0 radical (unpaired) electrons. The van der Waals surface area contributed by atoms with Crippen molar-refractivity contribution in [3.63, 3.8) is 0 Å². The average molecular weight is 300 g/mol. The maximum absolute atomic E-state index is 12.7. The topological polar surface area (TPSA) is 88.3 Å². The molecule has 22 heavy (non-hydrogen) atoms. The number of carbonyl (C=O) groups excluding carboxylic acids is 1. The molecule has 114 valence electrons. The maximum atomic E-state index is 12.7. The van der Waals surface area contributed by atoms with E-state index < -0.39 is 12.0 Å². The summed E-state index contributed by atoms with van der Waals surface area (Å²) in [6.07, 6.45) is 5.41. The predicted molar refractivity (Wildman–Crippen MR) is 77.7 cm³/mol. The second-order valence-electron chi connectivity index (χ2n) is 5.25. The number of carboxylic acid groups (broad SMARTS) is 1. The third-order valence-electron chi connectivity index (χ3n) is 3.83. The van der Waals surface area contributed by atoms with Gasteiger partial charge in [0.25, 0.3) is 5.91 Å². The Kier molecular flexibility index (Phi) is 3.86. The Labute approximate surface area is 127 Å². The van der Waals surface area contributed by atoms with Gasteiger partial charge in [0.2, 0.25) is 0 Å². The lowest BCUT2D eigenvalue weighted by molar-refractivity contribution is -0.143. The highest BCUT2D eigenvalue weighted by Crippen LogP contribution is 2.21. The van der Waals surface area contributed by atoms with Crippen LogP contribution in [0.1, 0.15) is 29.6 Å². The molecule has 2 aromatic rings. The monoisotopic (exact) mass is 300 g/mol. The summed E-state index contributed by atoms with van der Waals surface area (Å²) in [5.41, 5.74) is 1.17. The zero-order valence-electron chi connectivity index (χ0n) is 11.9. The predicted octanol–water partition coefficient (Wildman–Crippen LogP) is 1.35. The van der Waals surface area contributed by atoms with E-state index in [1.54, 1.807) is 35.3 Å². The van der Waals surface area contributed by atoms with Gasteiger partial charge in [-0.05, 0) is 37.5 Å². The first kappa shape index (κ1) is 14.2. The number of amides is 1. The molecule has 1 aromatic heterocycles. The number of carbonyl (C=O) groups is 2. The van der Waals surface area contributed by atoms with Crippen molar-refractivity contribution in [3.8, 4) is 5.69 Å². The minimum Gasteiger partial charge on any atom is -0.480 e. The molecule has 1 fully saturated rings. The number of hydrogen-bond donors (Lipinski definition) is 1. The molecule has 7 heteroatoms. The quantitative estimate of drug-likeness (QED) is 0.924. The van der Waals surface area contributed by atoms with Gasteiger partial charge in [-0.1, -0.05) is 11.3 Å². The van der Waals surface area contributed by atoms with Crippen molar-refractivity contribution in [2.75, 3.05) is 6.54 Å². The summed E-state index contributed by atoms with van der Waals surface area (Å²) in [4.78, 5) is 25.4. The summed E-state index contributed by atoms with van der Waals surface area (Å²) >= 11 is 0. The van der Waals surface area contributed by atoms with Gasteiger partial charge in [0.1, 0.15) is 6.04 Å². The summed E-state index contributed by atoms with van der Waals surface area (Å²) in [6.45, 7) is 0.476. The maximum Gasteiger partial charge on any atom is 0.326 e. The number of aliphatic carboxylic acids is 1. The second-order valence-corrected chi connectivity index (χ2v) is 5.25. The molecule has 0 aliphatic carbocycles. The standard InChI is InChI=1S/C15H16N4O3/c20-14(18-8-2-1-6-13(18)15(21)22)11-4-3-5-12(10-11)19-9-7-16-17-19/h3-5,7,9-10,13H,1-2,6,8H2,(H,21,22)/t13-/m0/s1. The fourth-order valence-electron chi connectivity index (χ4n) is 2.72. The van der Waals surface area contributed by atoms with E-state index in [-0.39, 0.29) is 5.91 Å². The zero-order chi connectivity index (χ0) is 15.5. The van der Waals surface area contributed by atoms with Crippen LogP contribution >= 0.6 is 0 Å². The first-order valence-corrected chi connectivity index (χ1v) is 7.17. The molecule has 0 saturated carbocycles. The molecule has 1 atom stereocenters. The molecule has 2 heterocycles. The van der Waals surface area contributed by atoms with Crippen LogP contribution in [0.2, 0.25) is 0 Å². The second kappa shape index (κ2) is 5.97. The van der Waals surface area contributed by atoms with Gasteiger partial charge in [-0.25, -0.2) is 9.48 Å². The third-order valence-corrected chi connectivity index (χ3v) is 3.83. The molecule has 0 unspecified atom stereocenters. The lowest BCUT2D eigenvalue weighted by Crippen LogP contribution is -2.48. The number of nitrogens with zero attached hydrogens (tertiary/aromatic N) is 4. The first-order valence-electron chi connectivity index (χ1n) is 7.17. The van der Waals surface area contributed by atoms with Gasteiger partial charge in [-0.15, -0.1) is 5.10 Å². The zero-order valence-corrected chi connectivity index (χ0v) is 11.9. The summed E-state index contributed by atoms with van der Waals surface area (Å²) < 4.78 is 1.56. The van der Waals surface area contributed by atoms with Gasteiger partial charge in [-0.2, -0.15) is 0 Å². The van der Waals surface area contributed by atoms with E-state index in [9.17, 15) is 14.7 Å². The highest BCUT2D eigenvalue weighted by molar-refractivity contribution is 5.97. The summed E-state index contributed by atoms with van der Waals surface area (Å²) in [7, 11) is 0. The fourth-order valence-corrected chi connectivity index (χ4v) is 2.72. The molecule has 1 aliphatic heterocycles. The molecule has 7 nitrogen and oxygen atoms in total. The number of piperidine rings is 1. The van der Waals surface area contributed by atoms with Crippen molar-refractivity contribution < 1.29 is 14.7 Å². The van der Waals surface area contributed by atoms with Crippen LogP contribution < -0.4 is 0 Å². The van der Waals surface area contributed by atoms with E-state index in [0.29, 0.717) is 24.2 Å². The third kappa shape index (κ3) is 2.69. The average Bonchev–Trinajstić information content (AvgIpc) is 3.09. The van der Waals surface area contributed by atoms with Crippen molar-refractivity contribution in [2.45, 2.75) is 25.3 Å². The number of rotatable bonds is 3. The highest BCUT2D eigenvalue weighted by atomic mass is 16.4. The van der Waals surface area contributed by atoms with Crippen molar-refractivity contribution in [1.82, 2.24) is 19.9 Å². The molecule has 3 rings (SSSR count). The molecule has 1 N–H and O–H groups in total. The summed E-state index contributed by atoms with van der Waals surface area (Å²) in [6, 6.07) is 6.22. The van der Waals surface area contributed by atoms with E-state index in [0.717, 1.165) is 12.8 Å². The first-order chi connectivity index (χ1) is 10.7. The Morgan fingerprint density at radius 3 is 2.86 bits per heavy atom. The minimum absolute atomic E-state index is 0.255. The van der Waals surface area contributed by atoms with Crippen LogP contribution in [0.5, 0.6) is 0 Å². The summed E-state index contributed by atoms with van der Waals surface area (Å²) in [5, 5.41) is 16.9. The largest absolute Gasteiger partial charge is 0.480 e. The minimum atomic E-state index is -0.944. The van der Waals surface area contributed by atoms with Crippen molar-refractivity contribution >= 4 is 11.9 Å². The number of hydrogen-bond acceptors (Lipinski definition) is 4. The Bertz CT molecular complexity index is 684. The van der Waals surface area contributed by atoms with E-state index in [1.807, 2.05) is 6.07 Å². The van der Waals surface area contributed by atoms with Gasteiger partial charge in [0.15, 0.2) is 0 Å². The molecule has 1 aromatic carbocycles. The van der Waals surface area contributed by atoms with E-state index >= 15 is 0 Å². The number of benzene rings is 1. The summed E-state index contributed by atoms with van der Waals surface area (Å²) in [5.74, 6) is -1.20. The number of likely N-dealkylation sites (tertiary alicyclic amines) is 1. The van der Waals surface area contributed by atoms with E-state index in [1.165, 1.54) is 4.90 Å². The van der Waals surface area contributed by atoms with Crippen LogP contribution in [-0.2, 0) is 4.79 Å². The molecule has 0 spiro atoms. The van der Waals surface area contributed by atoms with Gasteiger partial charge in [-0.3, -0.25) is 4.79 Å². The molecular weight excluding hydrogens is 284 g/mol. The van der Waals surface area contributed by atoms with E-state index in [2.05, 4.69) is 10.3 Å². The van der Waals surface area contributed by atoms with Crippen LogP contribution in [0.3, 0.4) is 0 Å². The highest BCUT2D eigenvalue weighted by Gasteiger charge is 2.32. The Morgan fingerprint density at radius 1 is 1.27 bits per heavy atom. The Morgan fingerprint density at radius 2 is 2.14 bits per heavy atom.